The summed E-state index contributed by atoms with van der Waals surface area (Å²) in [6.45, 7) is 4.80. The first-order valence-corrected chi connectivity index (χ1v) is 12.5. The molecule has 0 atom stereocenters. The van der Waals surface area contributed by atoms with Gasteiger partial charge in [-0.15, -0.1) is 0 Å². The van der Waals surface area contributed by atoms with Gasteiger partial charge in [0.1, 0.15) is 0 Å². The van der Waals surface area contributed by atoms with Crippen molar-refractivity contribution in [3.63, 3.8) is 0 Å². The van der Waals surface area contributed by atoms with Gasteiger partial charge in [-0.1, -0.05) is 0 Å². The second-order valence-corrected chi connectivity index (χ2v) is 7.85. The number of aliphatic hydroxyl groups excluding tert-OH is 2. The maximum absolute atomic E-state index is 10.3. The Kier molecular flexibility index (Phi) is 21.2. The molecule has 0 heterocycles. The second-order valence-electron chi connectivity index (χ2n) is 7.85. The Labute approximate surface area is 245 Å². The number of rotatable bonds is 18. The van der Waals surface area contributed by atoms with Crippen LogP contribution in [0.4, 0.5) is 0 Å². The van der Waals surface area contributed by atoms with Gasteiger partial charge in [-0.3, -0.25) is 0 Å². The zero-order chi connectivity index (χ0) is 32.6. The molecule has 0 aliphatic carbocycles. The van der Waals surface area contributed by atoms with Crippen molar-refractivity contribution in [1.82, 2.24) is 0 Å². The van der Waals surface area contributed by atoms with Gasteiger partial charge in [-0.05, 0) is 24.3 Å². The minimum atomic E-state index is -1.29. The zero-order valence-electron chi connectivity index (χ0n) is 23.1. The highest BCUT2D eigenvalue weighted by atomic mass is 16.6. The van der Waals surface area contributed by atoms with Gasteiger partial charge in [0.25, 0.3) is 0 Å². The molecular formula is C26H38O17. The Balaban J connectivity index is 0.000000640. The number of hydrogen-bond acceptors (Lipinski definition) is 15. The van der Waals surface area contributed by atoms with Crippen LogP contribution in [0, 0.1) is 0 Å². The number of carbonyl (C=O) groups is 2. The fraction of sp³-hybridized carbons (Fsp3) is 0.462. The molecule has 2 aromatic rings. The molecule has 2 aromatic carbocycles. The Morgan fingerprint density at radius 1 is 0.442 bits per heavy atom. The van der Waals surface area contributed by atoms with E-state index in [2.05, 4.69) is 0 Å². The number of hydrogen-bond donors (Lipinski definition) is 10. The van der Waals surface area contributed by atoms with E-state index in [-0.39, 0.29) is 24.3 Å². The highest BCUT2D eigenvalue weighted by molar-refractivity contribution is 5.89. The quantitative estimate of drug-likeness (QED) is 0.0776. The van der Waals surface area contributed by atoms with Gasteiger partial charge in [0, 0.05) is 0 Å². The van der Waals surface area contributed by atoms with Crippen LogP contribution in [0.3, 0.4) is 0 Å². The van der Waals surface area contributed by atoms with Gasteiger partial charge in [-0.25, -0.2) is 9.59 Å². The van der Waals surface area contributed by atoms with Gasteiger partial charge in [-0.2, -0.15) is 0 Å². The van der Waals surface area contributed by atoms with E-state index >= 15 is 0 Å². The molecule has 0 aliphatic rings. The average Bonchev–Trinajstić information content (AvgIpc) is 2.96. The van der Waals surface area contributed by atoms with Crippen LogP contribution in [0.2, 0.25) is 0 Å². The van der Waals surface area contributed by atoms with Crippen LogP contribution in [0.1, 0.15) is 20.7 Å². The monoisotopic (exact) mass is 622 g/mol. The number of ether oxygens (including phenoxy) is 5. The molecule has 17 nitrogen and oxygen atoms in total. The summed E-state index contributed by atoms with van der Waals surface area (Å²) in [7, 11) is 0. The highest BCUT2D eigenvalue weighted by Crippen LogP contribution is 2.36. The molecule has 17 heteroatoms. The molecule has 43 heavy (non-hydrogen) atoms. The summed E-state index contributed by atoms with van der Waals surface area (Å²) in [5.74, 6) is -6.67. The molecular weight excluding hydrogens is 584 g/mol. The Morgan fingerprint density at radius 3 is 0.837 bits per heavy atom. The SMILES string of the molecule is O=C(O)c1cc(O)c(O)c(O)c1.O=C(O)c1cc(O)c(O)c(O)c1.OCCOCCOCCOCCOCCOCCO. The topological polar surface area (TPSA) is 283 Å². The molecule has 0 saturated carbocycles. The standard InChI is InChI=1S/C12H26O7.2C7H6O5/c13-1-3-15-5-7-17-9-11-19-12-10-18-8-6-16-4-2-14;2*8-4-1-3(7(11)12)2-5(9)6(4)10/h13-14H,1-12H2;2*1-2,8-10H,(H,11,12). The first-order valence-electron chi connectivity index (χ1n) is 12.5. The molecule has 244 valence electrons. The van der Waals surface area contributed by atoms with Crippen molar-refractivity contribution < 1.29 is 84.3 Å². The lowest BCUT2D eigenvalue weighted by Gasteiger charge is -2.07. The van der Waals surface area contributed by atoms with Crippen molar-refractivity contribution in [2.24, 2.45) is 0 Å². The van der Waals surface area contributed by atoms with Crippen LogP contribution in [0.5, 0.6) is 34.5 Å². The summed E-state index contributed by atoms with van der Waals surface area (Å²) in [4.78, 5) is 20.6. The summed E-state index contributed by atoms with van der Waals surface area (Å²) in [5, 5.41) is 86.8. The van der Waals surface area contributed by atoms with E-state index in [4.69, 9.17) is 74.7 Å². The lowest BCUT2D eigenvalue weighted by molar-refractivity contribution is -0.0151. The third kappa shape index (κ3) is 18.1. The van der Waals surface area contributed by atoms with Crippen molar-refractivity contribution in [2.45, 2.75) is 0 Å². The van der Waals surface area contributed by atoms with E-state index in [1.807, 2.05) is 0 Å². The number of carboxylic acid groups (broad SMARTS) is 2. The van der Waals surface area contributed by atoms with Crippen LogP contribution in [-0.4, -0.2) is 142 Å². The highest BCUT2D eigenvalue weighted by Gasteiger charge is 2.12. The fourth-order valence-electron chi connectivity index (χ4n) is 2.57. The summed E-state index contributed by atoms with van der Waals surface area (Å²) >= 11 is 0. The zero-order valence-corrected chi connectivity index (χ0v) is 23.1. The fourth-order valence-corrected chi connectivity index (χ4v) is 2.57. The van der Waals surface area contributed by atoms with Crippen molar-refractivity contribution in [3.05, 3.63) is 35.4 Å². The number of phenols is 6. The van der Waals surface area contributed by atoms with E-state index in [0.29, 0.717) is 66.1 Å². The summed E-state index contributed by atoms with van der Waals surface area (Å²) in [6, 6.07) is 3.38. The average molecular weight is 623 g/mol. The molecule has 10 N–H and O–H groups in total. The molecule has 0 radical (unpaired) electrons. The van der Waals surface area contributed by atoms with Gasteiger partial charge >= 0.3 is 11.9 Å². The molecule has 0 spiro atoms. The van der Waals surface area contributed by atoms with E-state index in [9.17, 15) is 9.59 Å². The summed E-state index contributed by atoms with van der Waals surface area (Å²) in [5.41, 5.74) is -0.578. The summed E-state index contributed by atoms with van der Waals surface area (Å²) < 4.78 is 25.8. The van der Waals surface area contributed by atoms with Crippen LogP contribution >= 0.6 is 0 Å². The molecule has 2 rings (SSSR count). The lowest BCUT2D eigenvalue weighted by Crippen LogP contribution is -2.14. The van der Waals surface area contributed by atoms with Crippen LogP contribution in [0.25, 0.3) is 0 Å². The molecule has 0 unspecified atom stereocenters. The predicted octanol–water partition coefficient (Wildman–Crippen LogP) is 0.0572. The van der Waals surface area contributed by atoms with E-state index < -0.39 is 46.4 Å². The first kappa shape index (κ1) is 38.9. The minimum Gasteiger partial charge on any atom is -0.504 e. The number of aromatic carboxylic acids is 2. The Morgan fingerprint density at radius 2 is 0.651 bits per heavy atom. The second kappa shape index (κ2) is 23.5. The number of aromatic hydroxyl groups is 6. The third-order valence-corrected chi connectivity index (χ3v) is 4.59. The van der Waals surface area contributed by atoms with Crippen molar-refractivity contribution in [1.29, 1.82) is 0 Å². The third-order valence-electron chi connectivity index (χ3n) is 4.59. The van der Waals surface area contributed by atoms with Gasteiger partial charge < -0.3 is 74.7 Å². The molecule has 0 bridgehead atoms. The Bertz CT molecular complexity index is 946. The van der Waals surface area contributed by atoms with Gasteiger partial charge in [0.15, 0.2) is 34.5 Å². The molecule has 0 fully saturated rings. The van der Waals surface area contributed by atoms with Crippen LogP contribution < -0.4 is 0 Å². The summed E-state index contributed by atoms with van der Waals surface area (Å²) in [6.07, 6.45) is 0. The molecule has 0 aliphatic heterocycles. The lowest BCUT2D eigenvalue weighted by atomic mass is 10.2. The van der Waals surface area contributed by atoms with E-state index in [1.54, 1.807) is 0 Å². The maximum atomic E-state index is 10.3. The van der Waals surface area contributed by atoms with E-state index in [1.165, 1.54) is 0 Å². The van der Waals surface area contributed by atoms with Crippen molar-refractivity contribution >= 4 is 11.9 Å². The van der Waals surface area contributed by atoms with Crippen molar-refractivity contribution in [3.8, 4) is 34.5 Å². The largest absolute Gasteiger partial charge is 0.504 e. The van der Waals surface area contributed by atoms with Crippen LogP contribution in [-0.2, 0) is 23.7 Å². The normalized spacial score (nSPS) is 10.3. The molecule has 0 amide bonds. The van der Waals surface area contributed by atoms with Gasteiger partial charge in [0.2, 0.25) is 0 Å². The molecule has 0 saturated heterocycles. The van der Waals surface area contributed by atoms with Crippen LogP contribution in [0.15, 0.2) is 24.3 Å². The van der Waals surface area contributed by atoms with Gasteiger partial charge in [0.05, 0.1) is 90.4 Å². The smallest absolute Gasteiger partial charge is 0.335 e. The minimum absolute atomic E-state index is 0.0359. The van der Waals surface area contributed by atoms with E-state index in [0.717, 1.165) is 24.3 Å². The number of phenolic OH excluding ortho intramolecular Hbond substituents is 6. The predicted molar refractivity (Wildman–Crippen MR) is 145 cm³/mol. The Hall–Kier alpha value is -4.10. The number of aliphatic hydroxyl groups is 2. The molecule has 0 aromatic heterocycles. The number of benzene rings is 2. The maximum Gasteiger partial charge on any atom is 0.335 e. The number of carboxylic acids is 2. The first-order chi connectivity index (χ1) is 20.5. The van der Waals surface area contributed by atoms with Crippen molar-refractivity contribution in [2.75, 3.05) is 79.3 Å².